The van der Waals surface area contributed by atoms with Gasteiger partial charge in [0.1, 0.15) is 5.82 Å². The Labute approximate surface area is 143 Å². The maximum absolute atomic E-state index is 12.7. The molecule has 3 nitrogen and oxygen atoms in total. The van der Waals surface area contributed by atoms with E-state index in [4.69, 9.17) is 0 Å². The molecule has 0 unspecified atom stereocenters. The van der Waals surface area contributed by atoms with Crippen molar-refractivity contribution in [2.45, 2.75) is 48.8 Å². The molecule has 1 saturated carbocycles. The van der Waals surface area contributed by atoms with Crippen LogP contribution >= 0.6 is 11.8 Å². The van der Waals surface area contributed by atoms with Crippen molar-refractivity contribution in [2.24, 2.45) is 0 Å². The minimum absolute atomic E-state index is 0.0212. The van der Waals surface area contributed by atoms with Crippen LogP contribution in [0.25, 0.3) is 0 Å². The Morgan fingerprint density at radius 2 is 1.96 bits per heavy atom. The fraction of sp³-hybridized carbons (Fsp3) is 0.412. The van der Waals surface area contributed by atoms with E-state index in [9.17, 15) is 13.2 Å². The Morgan fingerprint density at radius 3 is 2.50 bits per heavy atom. The summed E-state index contributed by atoms with van der Waals surface area (Å²) in [5, 5.41) is 9.31. The van der Waals surface area contributed by atoms with Gasteiger partial charge < -0.3 is 4.57 Å². The molecule has 128 valence electrons. The molecule has 1 fully saturated rings. The lowest BCUT2D eigenvalue weighted by atomic mass is 10.1. The Hall–Kier alpha value is -1.76. The molecule has 0 N–H and O–H groups in total. The SMILES string of the molecule is C=CCn1c(S[C@@H](C)c2ccc(C(F)(F)F)cc2)nnc1C1CC1. The number of rotatable bonds is 6. The molecule has 1 atom stereocenters. The van der Waals surface area contributed by atoms with Crippen LogP contribution in [0.4, 0.5) is 13.2 Å². The van der Waals surface area contributed by atoms with Crippen molar-refractivity contribution in [1.82, 2.24) is 14.8 Å². The normalized spacial score (nSPS) is 16.2. The summed E-state index contributed by atoms with van der Waals surface area (Å²) in [6, 6.07) is 5.29. The van der Waals surface area contributed by atoms with E-state index >= 15 is 0 Å². The van der Waals surface area contributed by atoms with Gasteiger partial charge in [0.25, 0.3) is 0 Å². The van der Waals surface area contributed by atoms with E-state index < -0.39 is 11.7 Å². The smallest absolute Gasteiger partial charge is 0.302 e. The molecule has 0 aliphatic heterocycles. The molecule has 0 radical (unpaired) electrons. The summed E-state index contributed by atoms with van der Waals surface area (Å²) in [7, 11) is 0. The molecule has 1 aliphatic rings. The zero-order chi connectivity index (χ0) is 17.3. The zero-order valence-corrected chi connectivity index (χ0v) is 14.1. The fourth-order valence-electron chi connectivity index (χ4n) is 2.50. The number of benzene rings is 1. The third kappa shape index (κ3) is 3.66. The van der Waals surface area contributed by atoms with Gasteiger partial charge in [0.2, 0.25) is 0 Å². The van der Waals surface area contributed by atoms with Crippen molar-refractivity contribution in [2.75, 3.05) is 0 Å². The topological polar surface area (TPSA) is 30.7 Å². The van der Waals surface area contributed by atoms with Crippen LogP contribution in [0.1, 0.15) is 47.9 Å². The highest BCUT2D eigenvalue weighted by atomic mass is 32.2. The number of thioether (sulfide) groups is 1. The molecule has 1 aromatic heterocycles. The van der Waals surface area contributed by atoms with Crippen LogP contribution in [0, 0.1) is 0 Å². The molecule has 7 heteroatoms. The van der Waals surface area contributed by atoms with Gasteiger partial charge in [-0.3, -0.25) is 0 Å². The summed E-state index contributed by atoms with van der Waals surface area (Å²) in [5.74, 6) is 1.46. The summed E-state index contributed by atoms with van der Waals surface area (Å²) in [5.41, 5.74) is 0.198. The van der Waals surface area contributed by atoms with Crippen LogP contribution in [-0.4, -0.2) is 14.8 Å². The summed E-state index contributed by atoms with van der Waals surface area (Å²) < 4.78 is 40.0. The molecule has 1 aromatic carbocycles. The van der Waals surface area contributed by atoms with Gasteiger partial charge in [0, 0.05) is 17.7 Å². The fourth-order valence-corrected chi connectivity index (χ4v) is 3.49. The van der Waals surface area contributed by atoms with Gasteiger partial charge in [-0.25, -0.2) is 0 Å². The van der Waals surface area contributed by atoms with E-state index in [1.807, 2.05) is 13.0 Å². The van der Waals surface area contributed by atoms with Crippen molar-refractivity contribution in [3.05, 3.63) is 53.9 Å². The Balaban J connectivity index is 1.77. The molecule has 1 aliphatic carbocycles. The summed E-state index contributed by atoms with van der Waals surface area (Å²) >= 11 is 1.50. The number of alkyl halides is 3. The number of aromatic nitrogens is 3. The van der Waals surface area contributed by atoms with Gasteiger partial charge in [0.05, 0.1) is 5.56 Å². The van der Waals surface area contributed by atoms with Crippen molar-refractivity contribution in [3.8, 4) is 0 Å². The first-order valence-electron chi connectivity index (χ1n) is 7.78. The van der Waals surface area contributed by atoms with Gasteiger partial charge in [-0.15, -0.1) is 16.8 Å². The summed E-state index contributed by atoms with van der Waals surface area (Å²) in [6.07, 6.45) is -0.233. The van der Waals surface area contributed by atoms with Crippen molar-refractivity contribution < 1.29 is 13.2 Å². The maximum atomic E-state index is 12.7. The summed E-state index contributed by atoms with van der Waals surface area (Å²) in [6.45, 7) is 6.37. The largest absolute Gasteiger partial charge is 0.416 e. The highest BCUT2D eigenvalue weighted by Gasteiger charge is 2.31. The lowest BCUT2D eigenvalue weighted by Gasteiger charge is -2.14. The van der Waals surface area contributed by atoms with Gasteiger partial charge >= 0.3 is 6.18 Å². The van der Waals surface area contributed by atoms with E-state index in [2.05, 4.69) is 21.3 Å². The van der Waals surface area contributed by atoms with Crippen LogP contribution in [0.5, 0.6) is 0 Å². The molecule has 0 amide bonds. The highest BCUT2D eigenvalue weighted by Crippen LogP contribution is 2.42. The first-order chi connectivity index (χ1) is 11.4. The minimum Gasteiger partial charge on any atom is -0.302 e. The number of hydrogen-bond acceptors (Lipinski definition) is 3. The number of nitrogens with zero attached hydrogens (tertiary/aromatic N) is 3. The molecular formula is C17H18F3N3S. The van der Waals surface area contributed by atoms with Crippen LogP contribution in [0.2, 0.25) is 0 Å². The molecule has 2 aromatic rings. The quantitative estimate of drug-likeness (QED) is 0.527. The second-order valence-electron chi connectivity index (χ2n) is 5.89. The zero-order valence-electron chi connectivity index (χ0n) is 13.3. The van der Waals surface area contributed by atoms with E-state index in [1.165, 1.54) is 23.9 Å². The molecule has 0 saturated heterocycles. The highest BCUT2D eigenvalue weighted by molar-refractivity contribution is 7.99. The average molecular weight is 353 g/mol. The minimum atomic E-state index is -4.31. The molecular weight excluding hydrogens is 335 g/mol. The predicted molar refractivity (Wildman–Crippen MR) is 87.9 cm³/mol. The van der Waals surface area contributed by atoms with Crippen LogP contribution in [0.3, 0.4) is 0 Å². The second kappa shape index (κ2) is 6.63. The molecule has 1 heterocycles. The lowest BCUT2D eigenvalue weighted by molar-refractivity contribution is -0.137. The first kappa shape index (κ1) is 17.1. The van der Waals surface area contributed by atoms with E-state index in [-0.39, 0.29) is 5.25 Å². The second-order valence-corrected chi connectivity index (χ2v) is 7.20. The van der Waals surface area contributed by atoms with E-state index in [0.29, 0.717) is 12.5 Å². The molecule has 0 spiro atoms. The van der Waals surface area contributed by atoms with E-state index in [0.717, 1.165) is 41.5 Å². The van der Waals surface area contributed by atoms with Crippen molar-refractivity contribution in [3.63, 3.8) is 0 Å². The Kier molecular flexibility index (Phi) is 4.71. The summed E-state index contributed by atoms with van der Waals surface area (Å²) in [4.78, 5) is 0. The molecule has 24 heavy (non-hydrogen) atoms. The van der Waals surface area contributed by atoms with Gasteiger partial charge in [0.15, 0.2) is 5.16 Å². The monoisotopic (exact) mass is 353 g/mol. The van der Waals surface area contributed by atoms with Gasteiger partial charge in [-0.1, -0.05) is 30.0 Å². The van der Waals surface area contributed by atoms with Gasteiger partial charge in [-0.2, -0.15) is 13.2 Å². The van der Waals surface area contributed by atoms with Crippen molar-refractivity contribution in [1.29, 1.82) is 0 Å². The predicted octanol–water partition coefficient (Wildman–Crippen LogP) is 5.21. The molecule has 3 rings (SSSR count). The Morgan fingerprint density at radius 1 is 1.29 bits per heavy atom. The van der Waals surface area contributed by atoms with E-state index in [1.54, 1.807) is 0 Å². The van der Waals surface area contributed by atoms with Gasteiger partial charge in [-0.05, 0) is 37.5 Å². The Bertz CT molecular complexity index is 718. The average Bonchev–Trinajstić information content (AvgIpc) is 3.31. The van der Waals surface area contributed by atoms with Crippen LogP contribution < -0.4 is 0 Å². The number of halogens is 3. The number of hydrogen-bond donors (Lipinski definition) is 0. The standard InChI is InChI=1S/C17H18F3N3S/c1-3-10-23-15(13-4-5-13)21-22-16(23)24-11(2)12-6-8-14(9-7-12)17(18,19)20/h3,6-9,11,13H,1,4-5,10H2,2H3/t11-/m0/s1. The molecule has 0 bridgehead atoms. The van der Waals surface area contributed by atoms with Crippen LogP contribution in [-0.2, 0) is 12.7 Å². The third-order valence-corrected chi connectivity index (χ3v) is 5.13. The third-order valence-electron chi connectivity index (χ3n) is 3.99. The van der Waals surface area contributed by atoms with Crippen molar-refractivity contribution >= 4 is 11.8 Å². The lowest BCUT2D eigenvalue weighted by Crippen LogP contribution is -2.05. The number of allylic oxidation sites excluding steroid dienone is 1. The van der Waals surface area contributed by atoms with Crippen LogP contribution in [0.15, 0.2) is 42.1 Å². The first-order valence-corrected chi connectivity index (χ1v) is 8.66. The maximum Gasteiger partial charge on any atom is 0.416 e.